The highest BCUT2D eigenvalue weighted by atomic mass is 16.5. The van der Waals surface area contributed by atoms with Gasteiger partial charge >= 0.3 is 0 Å². The number of hydrogen-bond donors (Lipinski definition) is 3. The first-order valence-electron chi connectivity index (χ1n) is 9.70. The minimum absolute atomic E-state index is 0.112. The molecule has 0 radical (unpaired) electrons. The minimum Gasteiger partial charge on any atom is -0.490 e. The Bertz CT molecular complexity index is 1010. The van der Waals surface area contributed by atoms with Crippen LogP contribution in [0.15, 0.2) is 61.3 Å². The molecule has 0 spiro atoms. The summed E-state index contributed by atoms with van der Waals surface area (Å²) in [5.74, 6) is 1.91. The van der Waals surface area contributed by atoms with Crippen molar-refractivity contribution in [3.05, 3.63) is 66.9 Å². The summed E-state index contributed by atoms with van der Waals surface area (Å²) in [5.41, 5.74) is 1.34. The Morgan fingerprint density at radius 2 is 1.87 bits per heavy atom. The van der Waals surface area contributed by atoms with Crippen molar-refractivity contribution in [1.29, 1.82) is 5.26 Å². The maximum atomic E-state index is 10.2. The van der Waals surface area contributed by atoms with E-state index in [2.05, 4.69) is 22.9 Å². The van der Waals surface area contributed by atoms with Crippen molar-refractivity contribution in [3.8, 4) is 23.3 Å². The number of nitrogens with zero attached hydrogens (tertiary/aromatic N) is 1. The van der Waals surface area contributed by atoms with Crippen LogP contribution in [0, 0.1) is 11.3 Å². The Labute approximate surface area is 175 Å². The number of ether oxygens (including phenoxy) is 3. The molecule has 7 heteroatoms. The van der Waals surface area contributed by atoms with Gasteiger partial charge in [-0.05, 0) is 24.3 Å². The van der Waals surface area contributed by atoms with Gasteiger partial charge in [0.25, 0.3) is 0 Å². The average molecular weight is 407 g/mol. The molecule has 3 rings (SSSR count). The topological polar surface area (TPSA) is 99.5 Å². The minimum atomic E-state index is -0.701. The third-order valence-corrected chi connectivity index (χ3v) is 4.34. The predicted octanol–water partition coefficient (Wildman–Crippen LogP) is 3.01. The van der Waals surface area contributed by atoms with Crippen LogP contribution in [0.5, 0.6) is 17.2 Å². The van der Waals surface area contributed by atoms with E-state index < -0.39 is 6.10 Å². The second kappa shape index (κ2) is 10.9. The number of aliphatic hydroxyl groups is 1. The van der Waals surface area contributed by atoms with Crippen molar-refractivity contribution in [3.63, 3.8) is 0 Å². The number of aromatic nitrogens is 1. The van der Waals surface area contributed by atoms with Crippen molar-refractivity contribution in [2.75, 3.05) is 32.9 Å². The SMILES string of the molecule is C=CCOc1ccccc1OCCNCC(O)COc1cccc2[nH]cc(C#N)c12. The average Bonchev–Trinajstić information content (AvgIpc) is 3.20. The highest BCUT2D eigenvalue weighted by Crippen LogP contribution is 2.28. The van der Waals surface area contributed by atoms with Crippen LogP contribution < -0.4 is 19.5 Å². The van der Waals surface area contributed by atoms with Gasteiger partial charge in [0.2, 0.25) is 0 Å². The monoisotopic (exact) mass is 407 g/mol. The smallest absolute Gasteiger partial charge is 0.161 e. The summed E-state index contributed by atoms with van der Waals surface area (Å²) in [5, 5.41) is 23.3. The number of nitriles is 1. The second-order valence-electron chi connectivity index (χ2n) is 6.56. The third kappa shape index (κ3) is 5.54. The normalized spacial score (nSPS) is 11.6. The molecule has 1 aromatic heterocycles. The molecule has 1 heterocycles. The van der Waals surface area contributed by atoms with Crippen molar-refractivity contribution >= 4 is 10.9 Å². The van der Waals surface area contributed by atoms with Crippen LogP contribution in [0.25, 0.3) is 10.9 Å². The summed E-state index contributed by atoms with van der Waals surface area (Å²) in [7, 11) is 0. The molecule has 0 saturated heterocycles. The van der Waals surface area contributed by atoms with Crippen LogP contribution in [0.1, 0.15) is 5.56 Å². The van der Waals surface area contributed by atoms with E-state index in [-0.39, 0.29) is 6.61 Å². The molecule has 3 aromatic rings. The Hall–Kier alpha value is -3.47. The van der Waals surface area contributed by atoms with E-state index in [1.54, 1.807) is 18.3 Å². The lowest BCUT2D eigenvalue weighted by molar-refractivity contribution is 0.106. The molecular weight excluding hydrogens is 382 g/mol. The maximum Gasteiger partial charge on any atom is 0.161 e. The van der Waals surface area contributed by atoms with Gasteiger partial charge in [0.1, 0.15) is 37.7 Å². The van der Waals surface area contributed by atoms with Crippen molar-refractivity contribution in [2.45, 2.75) is 6.10 Å². The molecule has 0 aliphatic rings. The van der Waals surface area contributed by atoms with Crippen LogP contribution in [0.4, 0.5) is 0 Å². The molecule has 1 atom stereocenters. The molecule has 0 aliphatic carbocycles. The van der Waals surface area contributed by atoms with Gasteiger partial charge in [-0.15, -0.1) is 0 Å². The molecule has 0 amide bonds. The van der Waals surface area contributed by atoms with Crippen molar-refractivity contribution < 1.29 is 19.3 Å². The largest absolute Gasteiger partial charge is 0.490 e. The summed E-state index contributed by atoms with van der Waals surface area (Å²) in [6.45, 7) is 5.50. The summed E-state index contributed by atoms with van der Waals surface area (Å²) < 4.78 is 17.0. The van der Waals surface area contributed by atoms with Gasteiger partial charge in [-0.2, -0.15) is 5.26 Å². The van der Waals surface area contributed by atoms with E-state index >= 15 is 0 Å². The number of aliphatic hydroxyl groups excluding tert-OH is 1. The lowest BCUT2D eigenvalue weighted by atomic mass is 10.1. The molecule has 156 valence electrons. The van der Waals surface area contributed by atoms with Crippen LogP contribution in [0.2, 0.25) is 0 Å². The zero-order valence-corrected chi connectivity index (χ0v) is 16.6. The molecule has 3 N–H and O–H groups in total. The lowest BCUT2D eigenvalue weighted by Gasteiger charge is -2.15. The molecular formula is C23H25N3O4. The van der Waals surface area contributed by atoms with E-state index in [0.717, 1.165) is 10.9 Å². The first kappa shape index (κ1) is 21.2. The number of para-hydroxylation sites is 2. The zero-order chi connectivity index (χ0) is 21.2. The van der Waals surface area contributed by atoms with Gasteiger partial charge < -0.3 is 29.6 Å². The van der Waals surface area contributed by atoms with Crippen LogP contribution in [-0.4, -0.2) is 49.1 Å². The fraction of sp³-hybridized carbons (Fsp3) is 0.261. The Balaban J connectivity index is 1.40. The fourth-order valence-corrected chi connectivity index (χ4v) is 2.94. The van der Waals surface area contributed by atoms with E-state index in [9.17, 15) is 10.4 Å². The van der Waals surface area contributed by atoms with Gasteiger partial charge in [-0.1, -0.05) is 30.9 Å². The standard InChI is InChI=1S/C23H25N3O4/c1-2-11-28-20-7-3-4-8-21(20)29-12-10-25-15-18(27)16-30-22-9-5-6-19-23(22)17(13-24)14-26-19/h2-9,14,18,25-27H,1,10-12,15-16H2. The predicted molar refractivity (Wildman–Crippen MR) is 115 cm³/mol. The number of nitrogens with one attached hydrogen (secondary N) is 2. The molecule has 30 heavy (non-hydrogen) atoms. The summed E-state index contributed by atoms with van der Waals surface area (Å²) >= 11 is 0. The van der Waals surface area contributed by atoms with Crippen LogP contribution in [-0.2, 0) is 0 Å². The van der Waals surface area contributed by atoms with Gasteiger partial charge in [0.15, 0.2) is 11.5 Å². The van der Waals surface area contributed by atoms with Gasteiger partial charge in [-0.25, -0.2) is 0 Å². The third-order valence-electron chi connectivity index (χ3n) is 4.34. The first-order valence-corrected chi connectivity index (χ1v) is 9.70. The maximum absolute atomic E-state index is 10.2. The van der Waals surface area contributed by atoms with E-state index in [1.165, 1.54) is 0 Å². The molecule has 0 aliphatic heterocycles. The molecule has 0 bridgehead atoms. The number of fused-ring (bicyclic) bond motifs is 1. The van der Waals surface area contributed by atoms with Gasteiger partial charge in [0, 0.05) is 19.3 Å². The zero-order valence-electron chi connectivity index (χ0n) is 16.6. The highest BCUT2D eigenvalue weighted by molar-refractivity contribution is 5.91. The summed E-state index contributed by atoms with van der Waals surface area (Å²) in [6, 6.07) is 15.1. The lowest BCUT2D eigenvalue weighted by Crippen LogP contribution is -2.33. The van der Waals surface area contributed by atoms with E-state index in [1.807, 2.05) is 36.4 Å². The summed E-state index contributed by atoms with van der Waals surface area (Å²) in [4.78, 5) is 3.04. The number of benzene rings is 2. The van der Waals surface area contributed by atoms with E-state index in [0.29, 0.717) is 49.1 Å². The molecule has 0 fully saturated rings. The number of rotatable bonds is 12. The van der Waals surface area contributed by atoms with Crippen molar-refractivity contribution in [2.24, 2.45) is 0 Å². The number of hydrogen-bond acceptors (Lipinski definition) is 6. The second-order valence-corrected chi connectivity index (χ2v) is 6.56. The van der Waals surface area contributed by atoms with Crippen molar-refractivity contribution in [1.82, 2.24) is 10.3 Å². The van der Waals surface area contributed by atoms with Crippen LogP contribution >= 0.6 is 0 Å². The molecule has 0 saturated carbocycles. The Morgan fingerprint density at radius 1 is 1.10 bits per heavy atom. The molecule has 1 unspecified atom stereocenters. The first-order chi connectivity index (χ1) is 14.7. The fourth-order valence-electron chi connectivity index (χ4n) is 2.94. The molecule has 2 aromatic carbocycles. The number of H-pyrrole nitrogens is 1. The van der Waals surface area contributed by atoms with Gasteiger partial charge in [0.05, 0.1) is 16.5 Å². The van der Waals surface area contributed by atoms with Gasteiger partial charge in [-0.3, -0.25) is 0 Å². The van der Waals surface area contributed by atoms with E-state index in [4.69, 9.17) is 14.2 Å². The van der Waals surface area contributed by atoms with Crippen LogP contribution in [0.3, 0.4) is 0 Å². The Morgan fingerprint density at radius 3 is 2.63 bits per heavy atom. The molecule has 7 nitrogen and oxygen atoms in total. The number of aromatic amines is 1. The Kier molecular flexibility index (Phi) is 7.72. The highest BCUT2D eigenvalue weighted by Gasteiger charge is 2.11. The summed E-state index contributed by atoms with van der Waals surface area (Å²) in [6.07, 6.45) is 2.63. The quantitative estimate of drug-likeness (QED) is 0.315.